The fourth-order valence-corrected chi connectivity index (χ4v) is 5.95. The van der Waals surface area contributed by atoms with E-state index in [2.05, 4.69) is 22.3 Å². The van der Waals surface area contributed by atoms with Crippen molar-refractivity contribution in [2.24, 2.45) is 11.8 Å². The summed E-state index contributed by atoms with van der Waals surface area (Å²) in [4.78, 5) is 27.0. The monoisotopic (exact) mass is 532 g/mol. The number of nitro benzene ring substituents is 1. The number of likely N-dealkylation sites (tertiary alicyclic amines) is 1. The molecule has 1 amide bonds. The van der Waals surface area contributed by atoms with Crippen molar-refractivity contribution in [2.75, 3.05) is 43.0 Å². The van der Waals surface area contributed by atoms with Crippen LogP contribution in [-0.4, -0.2) is 60.7 Å². The van der Waals surface area contributed by atoms with Crippen molar-refractivity contribution in [1.82, 2.24) is 4.90 Å². The molecule has 1 saturated carbocycles. The predicted molar refractivity (Wildman–Crippen MR) is 136 cm³/mol. The molecule has 2 saturated heterocycles. The number of fused-ring (bicyclic) bond motifs is 1. The molecule has 2 aliphatic heterocycles. The van der Waals surface area contributed by atoms with Gasteiger partial charge in [-0.05, 0) is 49.9 Å². The zero-order valence-corrected chi connectivity index (χ0v) is 20.9. The lowest BCUT2D eigenvalue weighted by atomic mass is 9.92. The van der Waals surface area contributed by atoms with E-state index in [1.54, 1.807) is 0 Å². The van der Waals surface area contributed by atoms with E-state index in [0.717, 1.165) is 38.3 Å². The Bertz CT molecular complexity index is 1140. The van der Waals surface area contributed by atoms with E-state index < -0.39 is 22.4 Å². The molecule has 0 spiro atoms. The number of carbonyl (C=O) groups excluding carboxylic acids is 1. The number of halogens is 3. The molecule has 0 radical (unpaired) electrons. The number of nitro groups is 1. The van der Waals surface area contributed by atoms with Gasteiger partial charge < -0.3 is 19.9 Å². The second kappa shape index (κ2) is 10.8. The van der Waals surface area contributed by atoms with E-state index in [9.17, 15) is 28.1 Å². The second-order valence-corrected chi connectivity index (χ2v) is 10.5. The molecule has 3 aliphatic rings. The van der Waals surface area contributed by atoms with Gasteiger partial charge in [0, 0.05) is 61.5 Å². The summed E-state index contributed by atoms with van der Waals surface area (Å²) >= 11 is 0. The maximum atomic E-state index is 13.3. The fourth-order valence-electron chi connectivity index (χ4n) is 5.95. The number of para-hydroxylation sites is 1. The Hall–Kier alpha value is -3.34. The van der Waals surface area contributed by atoms with Crippen molar-refractivity contribution in [3.63, 3.8) is 0 Å². The molecule has 8 nitrogen and oxygen atoms in total. The smallest absolute Gasteiger partial charge is 0.382 e. The Morgan fingerprint density at radius 1 is 1.00 bits per heavy atom. The SMILES string of the molecule is O=C(CO[C@H]1CC[C@H](Nc2ccc([N+](=O)[O-])c(C(F)(F)F)c2)CC1)N1CC2CN(c3ccccc3)CC2C1. The molecule has 0 bridgehead atoms. The van der Waals surface area contributed by atoms with Crippen molar-refractivity contribution >= 4 is 23.0 Å². The van der Waals surface area contributed by atoms with Gasteiger partial charge in [0.1, 0.15) is 12.2 Å². The third-order valence-corrected chi connectivity index (χ3v) is 7.95. The van der Waals surface area contributed by atoms with E-state index in [-0.39, 0.29) is 30.3 Å². The van der Waals surface area contributed by atoms with Crippen molar-refractivity contribution in [3.8, 4) is 0 Å². The highest BCUT2D eigenvalue weighted by Gasteiger charge is 2.42. The van der Waals surface area contributed by atoms with Gasteiger partial charge in [-0.1, -0.05) is 18.2 Å². The van der Waals surface area contributed by atoms with Crippen LogP contribution in [0.3, 0.4) is 0 Å². The number of amides is 1. The van der Waals surface area contributed by atoms with Crippen molar-refractivity contribution in [3.05, 3.63) is 64.2 Å². The van der Waals surface area contributed by atoms with Gasteiger partial charge in [0.05, 0.1) is 11.0 Å². The zero-order valence-electron chi connectivity index (χ0n) is 20.9. The number of rotatable bonds is 7. The average Bonchev–Trinajstić information content (AvgIpc) is 3.48. The number of hydrogen-bond acceptors (Lipinski definition) is 6. The second-order valence-electron chi connectivity index (χ2n) is 10.5. The maximum Gasteiger partial charge on any atom is 0.423 e. The van der Waals surface area contributed by atoms with Gasteiger partial charge in [0.25, 0.3) is 5.69 Å². The molecule has 2 aromatic rings. The molecule has 2 atom stereocenters. The van der Waals surface area contributed by atoms with Crippen molar-refractivity contribution < 1.29 is 27.6 Å². The number of anilines is 2. The lowest BCUT2D eigenvalue weighted by molar-refractivity contribution is -0.388. The van der Waals surface area contributed by atoms with E-state index in [4.69, 9.17) is 4.74 Å². The molecule has 5 rings (SSSR count). The van der Waals surface area contributed by atoms with Crippen molar-refractivity contribution in [1.29, 1.82) is 0 Å². The number of ether oxygens (including phenoxy) is 1. The molecule has 2 heterocycles. The van der Waals surface area contributed by atoms with Gasteiger partial charge >= 0.3 is 6.18 Å². The Balaban J connectivity index is 1.05. The van der Waals surface area contributed by atoms with Gasteiger partial charge in [-0.15, -0.1) is 0 Å². The molecule has 1 aliphatic carbocycles. The van der Waals surface area contributed by atoms with Gasteiger partial charge in [0.15, 0.2) is 0 Å². The third kappa shape index (κ3) is 5.87. The Labute approximate surface area is 218 Å². The molecule has 11 heteroatoms. The number of hydrogen-bond donors (Lipinski definition) is 1. The first-order valence-electron chi connectivity index (χ1n) is 13.0. The van der Waals surface area contributed by atoms with Crippen LogP contribution in [0.25, 0.3) is 0 Å². The van der Waals surface area contributed by atoms with E-state index in [1.807, 2.05) is 23.1 Å². The Kier molecular flexibility index (Phi) is 7.47. The summed E-state index contributed by atoms with van der Waals surface area (Å²) in [6, 6.07) is 13.2. The minimum absolute atomic E-state index is 0.0106. The molecule has 1 N–H and O–H groups in total. The highest BCUT2D eigenvalue weighted by atomic mass is 19.4. The highest BCUT2D eigenvalue weighted by molar-refractivity contribution is 5.78. The first-order chi connectivity index (χ1) is 18.2. The first-order valence-corrected chi connectivity index (χ1v) is 13.0. The lowest BCUT2D eigenvalue weighted by Gasteiger charge is -2.30. The number of nitrogens with zero attached hydrogens (tertiary/aromatic N) is 3. The van der Waals surface area contributed by atoms with Gasteiger partial charge in [-0.3, -0.25) is 14.9 Å². The summed E-state index contributed by atoms with van der Waals surface area (Å²) in [7, 11) is 0. The Morgan fingerprint density at radius 3 is 2.26 bits per heavy atom. The molecule has 3 fully saturated rings. The van der Waals surface area contributed by atoms with Gasteiger partial charge in [0.2, 0.25) is 5.91 Å². The summed E-state index contributed by atoms with van der Waals surface area (Å²) in [6.45, 7) is 3.46. The van der Waals surface area contributed by atoms with Crippen LogP contribution in [0.5, 0.6) is 0 Å². The molecule has 38 heavy (non-hydrogen) atoms. The van der Waals surface area contributed by atoms with Crippen molar-refractivity contribution in [2.45, 2.75) is 44.0 Å². The highest BCUT2D eigenvalue weighted by Crippen LogP contribution is 2.38. The van der Waals surface area contributed by atoms with Gasteiger partial charge in [-0.2, -0.15) is 13.2 Å². The minimum Gasteiger partial charge on any atom is -0.382 e. The van der Waals surface area contributed by atoms with Crippen LogP contribution in [-0.2, 0) is 15.7 Å². The standard InChI is InChI=1S/C27H31F3N4O4/c28-27(29,30)24-12-21(8-11-25(24)34(36)37)31-20-6-9-23(10-7-20)38-17-26(35)33-15-18-13-32(14-19(18)16-33)22-4-2-1-3-5-22/h1-5,8,11-12,18-20,23,31H,6-7,9-10,13-17H2/t18?,19?,20-,23-. The van der Waals surface area contributed by atoms with Crippen LogP contribution in [0.4, 0.5) is 30.2 Å². The third-order valence-electron chi connectivity index (χ3n) is 7.95. The molecular weight excluding hydrogens is 501 g/mol. The van der Waals surface area contributed by atoms with Crippen LogP contribution in [0.15, 0.2) is 48.5 Å². The summed E-state index contributed by atoms with van der Waals surface area (Å²) < 4.78 is 45.7. The molecule has 204 valence electrons. The van der Waals surface area contributed by atoms with E-state index >= 15 is 0 Å². The number of benzene rings is 2. The summed E-state index contributed by atoms with van der Waals surface area (Å²) in [5, 5.41) is 14.0. The van der Waals surface area contributed by atoms with Crippen LogP contribution in [0.1, 0.15) is 31.2 Å². The lowest BCUT2D eigenvalue weighted by Crippen LogP contribution is -2.37. The number of alkyl halides is 3. The summed E-state index contributed by atoms with van der Waals surface area (Å²) in [5.41, 5.74) is -0.794. The van der Waals surface area contributed by atoms with Crippen LogP contribution in [0.2, 0.25) is 0 Å². The minimum atomic E-state index is -4.81. The molecular formula is C27H31F3N4O4. The molecule has 0 aromatic heterocycles. The van der Waals surface area contributed by atoms with E-state index in [0.29, 0.717) is 37.5 Å². The van der Waals surface area contributed by atoms with Crippen LogP contribution >= 0.6 is 0 Å². The largest absolute Gasteiger partial charge is 0.423 e. The summed E-state index contributed by atoms with van der Waals surface area (Å²) in [5.74, 6) is 0.951. The number of nitrogens with one attached hydrogen (secondary N) is 1. The quantitative estimate of drug-likeness (QED) is 0.401. The number of carbonyl (C=O) groups is 1. The van der Waals surface area contributed by atoms with E-state index in [1.165, 1.54) is 11.8 Å². The maximum absolute atomic E-state index is 13.3. The van der Waals surface area contributed by atoms with Gasteiger partial charge in [-0.25, -0.2) is 0 Å². The molecule has 2 unspecified atom stereocenters. The topological polar surface area (TPSA) is 87.9 Å². The molecule has 2 aromatic carbocycles. The van der Waals surface area contributed by atoms with Crippen LogP contribution in [0, 0.1) is 22.0 Å². The normalized spacial score (nSPS) is 25.3. The zero-order chi connectivity index (χ0) is 26.9. The fraction of sp³-hybridized carbons (Fsp3) is 0.519. The predicted octanol–water partition coefficient (Wildman–Crippen LogP) is 4.95. The first kappa shape index (κ1) is 26.3. The average molecular weight is 533 g/mol. The summed E-state index contributed by atoms with van der Waals surface area (Å²) in [6.07, 6.45) is -2.19. The van der Waals surface area contributed by atoms with Crippen LogP contribution < -0.4 is 10.2 Å². The Morgan fingerprint density at radius 2 is 1.66 bits per heavy atom.